The molecule has 0 amide bonds. The number of pyridine rings is 1. The van der Waals surface area contributed by atoms with Crippen molar-refractivity contribution in [1.82, 2.24) is 0 Å². The lowest BCUT2D eigenvalue weighted by molar-refractivity contribution is -0.681. The Balaban J connectivity index is 1.90. The number of carbonyl (C=O) groups is 1. The number of carbonyl (C=O) groups excluding carboxylic acids is 1. The van der Waals surface area contributed by atoms with Crippen molar-refractivity contribution in [3.8, 4) is 0 Å². The lowest BCUT2D eigenvalue weighted by Gasteiger charge is -2.00. The Morgan fingerprint density at radius 3 is 2.60 bits per heavy atom. The van der Waals surface area contributed by atoms with Gasteiger partial charge in [-0.2, -0.15) is 4.57 Å². The van der Waals surface area contributed by atoms with Crippen LogP contribution in [0.25, 0.3) is 10.8 Å². The van der Waals surface area contributed by atoms with Crippen LogP contribution < -0.4 is 4.57 Å². The van der Waals surface area contributed by atoms with Crippen LogP contribution in [-0.2, 0) is 6.54 Å². The molecule has 1 aromatic heterocycles. The molecule has 0 fully saturated rings. The summed E-state index contributed by atoms with van der Waals surface area (Å²) >= 11 is 0. The molecule has 0 aliphatic rings. The monoisotopic (exact) mass is 266 g/mol. The Kier molecular flexibility index (Phi) is 3.25. The molecule has 0 aliphatic heterocycles. The van der Waals surface area contributed by atoms with E-state index in [1.54, 1.807) is 41.2 Å². The molecule has 3 aromatic rings. The highest BCUT2D eigenvalue weighted by Gasteiger charge is 2.12. The maximum atomic E-state index is 13.6. The Morgan fingerprint density at radius 1 is 1.00 bits per heavy atom. The molecule has 3 heteroatoms. The van der Waals surface area contributed by atoms with E-state index in [1.165, 1.54) is 6.07 Å². The molecule has 0 atom stereocenters. The van der Waals surface area contributed by atoms with Gasteiger partial charge in [-0.25, -0.2) is 4.39 Å². The number of halogens is 1. The van der Waals surface area contributed by atoms with Crippen LogP contribution in [0.2, 0.25) is 0 Å². The molecule has 0 N–H and O–H groups in total. The summed E-state index contributed by atoms with van der Waals surface area (Å²) in [4.78, 5) is 12.1. The average Bonchev–Trinajstić information content (AvgIpc) is 2.48. The molecule has 0 saturated carbocycles. The van der Waals surface area contributed by atoms with Crippen LogP contribution in [0.15, 0.2) is 67.0 Å². The highest BCUT2D eigenvalue weighted by molar-refractivity contribution is 5.95. The molecule has 1 heterocycles. The fourth-order valence-electron chi connectivity index (χ4n) is 2.21. The number of fused-ring (bicyclic) bond motifs is 1. The van der Waals surface area contributed by atoms with Gasteiger partial charge in [-0.3, -0.25) is 4.79 Å². The minimum Gasteiger partial charge on any atom is -0.287 e. The Labute approximate surface area is 116 Å². The van der Waals surface area contributed by atoms with E-state index in [1.807, 2.05) is 24.3 Å². The number of Topliss-reactive ketones (excluding diaryl/α,β-unsaturated/α-hetero) is 1. The van der Waals surface area contributed by atoms with Gasteiger partial charge < -0.3 is 0 Å². The van der Waals surface area contributed by atoms with Crippen LogP contribution >= 0.6 is 0 Å². The molecule has 2 aromatic carbocycles. The summed E-state index contributed by atoms with van der Waals surface area (Å²) in [5.41, 5.74) is 0.680. The van der Waals surface area contributed by atoms with Gasteiger partial charge in [0.1, 0.15) is 5.82 Å². The summed E-state index contributed by atoms with van der Waals surface area (Å²) in [7, 11) is 0. The van der Waals surface area contributed by atoms with Crippen LogP contribution in [0.4, 0.5) is 4.39 Å². The van der Waals surface area contributed by atoms with Gasteiger partial charge in [0.2, 0.25) is 12.3 Å². The van der Waals surface area contributed by atoms with Gasteiger partial charge in [0, 0.05) is 22.4 Å². The van der Waals surface area contributed by atoms with Gasteiger partial charge in [-0.15, -0.1) is 0 Å². The average molecular weight is 266 g/mol. The van der Waals surface area contributed by atoms with Gasteiger partial charge in [0.25, 0.3) is 0 Å². The predicted octanol–water partition coefficient (Wildman–Crippen LogP) is 3.15. The van der Waals surface area contributed by atoms with Crippen molar-refractivity contribution in [3.05, 3.63) is 78.4 Å². The first kappa shape index (κ1) is 12.5. The first-order chi connectivity index (χ1) is 9.74. The molecule has 98 valence electrons. The fourth-order valence-corrected chi connectivity index (χ4v) is 2.21. The maximum absolute atomic E-state index is 13.6. The van der Waals surface area contributed by atoms with Crippen molar-refractivity contribution in [1.29, 1.82) is 0 Å². The van der Waals surface area contributed by atoms with Crippen LogP contribution in [0.5, 0.6) is 0 Å². The van der Waals surface area contributed by atoms with Crippen molar-refractivity contribution in [2.45, 2.75) is 6.54 Å². The molecule has 3 rings (SSSR count). The van der Waals surface area contributed by atoms with Crippen LogP contribution in [-0.4, -0.2) is 5.78 Å². The molecule has 0 saturated heterocycles. The topological polar surface area (TPSA) is 20.9 Å². The van der Waals surface area contributed by atoms with Gasteiger partial charge in [0.05, 0.1) is 0 Å². The summed E-state index contributed by atoms with van der Waals surface area (Å²) in [5.74, 6) is -0.213. The predicted molar refractivity (Wildman–Crippen MR) is 74.9 cm³/mol. The lowest BCUT2D eigenvalue weighted by atomic mass is 10.1. The fraction of sp³-hybridized carbons (Fsp3) is 0.0588. The summed E-state index contributed by atoms with van der Waals surface area (Å²) < 4.78 is 15.3. The van der Waals surface area contributed by atoms with Crippen molar-refractivity contribution >= 4 is 16.6 Å². The molecule has 0 unspecified atom stereocenters. The molecular weight excluding hydrogens is 253 g/mol. The van der Waals surface area contributed by atoms with Gasteiger partial charge >= 0.3 is 0 Å². The Hall–Kier alpha value is -2.55. The molecule has 20 heavy (non-hydrogen) atoms. The van der Waals surface area contributed by atoms with Gasteiger partial charge in [0.15, 0.2) is 12.4 Å². The number of hydrogen-bond acceptors (Lipinski definition) is 1. The highest BCUT2D eigenvalue weighted by atomic mass is 19.1. The van der Waals surface area contributed by atoms with E-state index in [0.717, 1.165) is 5.39 Å². The third-order valence-electron chi connectivity index (χ3n) is 3.25. The third-order valence-corrected chi connectivity index (χ3v) is 3.25. The number of rotatable bonds is 3. The SMILES string of the molecule is O=C(C[n+]1ccc2c(F)cccc2c1)c1ccccc1. The summed E-state index contributed by atoms with van der Waals surface area (Å²) in [6.45, 7) is 0.246. The molecule has 0 bridgehead atoms. The van der Waals surface area contributed by atoms with Crippen molar-refractivity contribution < 1.29 is 13.8 Å². The second-order valence-corrected chi connectivity index (χ2v) is 4.65. The van der Waals surface area contributed by atoms with E-state index in [2.05, 4.69) is 0 Å². The molecule has 0 radical (unpaired) electrons. The molecule has 2 nitrogen and oxygen atoms in total. The normalized spacial score (nSPS) is 10.7. The molecular formula is C17H13FNO+. The molecule has 0 spiro atoms. The zero-order valence-corrected chi connectivity index (χ0v) is 10.8. The van der Waals surface area contributed by atoms with Crippen LogP contribution in [0.1, 0.15) is 10.4 Å². The van der Waals surface area contributed by atoms with Gasteiger partial charge in [-0.05, 0) is 12.1 Å². The van der Waals surface area contributed by atoms with Crippen LogP contribution in [0, 0.1) is 5.82 Å². The van der Waals surface area contributed by atoms with E-state index in [9.17, 15) is 9.18 Å². The van der Waals surface area contributed by atoms with E-state index in [4.69, 9.17) is 0 Å². The zero-order chi connectivity index (χ0) is 13.9. The number of hydrogen-bond donors (Lipinski definition) is 0. The first-order valence-corrected chi connectivity index (χ1v) is 6.39. The number of aromatic nitrogens is 1. The second kappa shape index (κ2) is 5.21. The van der Waals surface area contributed by atoms with Crippen molar-refractivity contribution in [2.75, 3.05) is 0 Å². The van der Waals surface area contributed by atoms with Crippen molar-refractivity contribution in [2.24, 2.45) is 0 Å². The summed E-state index contributed by atoms with van der Waals surface area (Å²) in [6, 6.07) is 15.8. The quantitative estimate of drug-likeness (QED) is 0.527. The van der Waals surface area contributed by atoms with E-state index < -0.39 is 0 Å². The second-order valence-electron chi connectivity index (χ2n) is 4.65. The van der Waals surface area contributed by atoms with E-state index in [-0.39, 0.29) is 18.1 Å². The minimum atomic E-state index is -0.246. The van der Waals surface area contributed by atoms with Crippen molar-refractivity contribution in [3.63, 3.8) is 0 Å². The number of ketones is 1. The van der Waals surface area contributed by atoms with E-state index in [0.29, 0.717) is 10.9 Å². The standard InChI is InChI=1S/C17H13FNO/c18-16-8-4-7-14-11-19(10-9-15(14)16)12-17(20)13-5-2-1-3-6-13/h1-11H,12H2/q+1. The smallest absolute Gasteiger partial charge is 0.227 e. The molecule has 0 aliphatic carbocycles. The maximum Gasteiger partial charge on any atom is 0.227 e. The summed E-state index contributed by atoms with van der Waals surface area (Å²) in [6.07, 6.45) is 3.52. The highest BCUT2D eigenvalue weighted by Crippen LogP contribution is 2.14. The van der Waals surface area contributed by atoms with E-state index >= 15 is 0 Å². The minimum absolute atomic E-state index is 0.0337. The third kappa shape index (κ3) is 2.43. The van der Waals surface area contributed by atoms with Crippen LogP contribution in [0.3, 0.4) is 0 Å². The lowest BCUT2D eigenvalue weighted by Crippen LogP contribution is -2.37. The Bertz CT molecular complexity index is 768. The first-order valence-electron chi connectivity index (χ1n) is 6.39. The van der Waals surface area contributed by atoms with Gasteiger partial charge in [-0.1, -0.05) is 36.4 Å². The Morgan fingerprint density at radius 2 is 1.80 bits per heavy atom. The summed E-state index contributed by atoms with van der Waals surface area (Å²) in [5, 5.41) is 1.35. The number of nitrogens with zero attached hydrogens (tertiary/aromatic N) is 1. The number of benzene rings is 2. The zero-order valence-electron chi connectivity index (χ0n) is 10.8. The largest absolute Gasteiger partial charge is 0.287 e.